The Labute approximate surface area is 188 Å². The first-order valence-corrected chi connectivity index (χ1v) is 13.2. The van der Waals surface area contributed by atoms with E-state index in [1.807, 2.05) is 6.07 Å². The highest BCUT2D eigenvalue weighted by Crippen LogP contribution is 2.56. The molecular weight excluding hydrogens is 412 g/mol. The van der Waals surface area contributed by atoms with Crippen LogP contribution in [0.4, 0.5) is 0 Å². The molecule has 1 aromatic heterocycles. The molecule has 0 fully saturated rings. The number of furan rings is 1. The van der Waals surface area contributed by atoms with Crippen LogP contribution in [-0.4, -0.2) is 19.6 Å². The lowest BCUT2D eigenvalue weighted by atomic mass is 9.55. The maximum Gasteiger partial charge on any atom is 0.397 e. The maximum absolute atomic E-state index is 11.2. The first kappa shape index (κ1) is 24.5. The number of allylic oxidation sites excluding steroid dienone is 2. The summed E-state index contributed by atoms with van der Waals surface area (Å²) < 4.78 is 41.4. The normalized spacial score (nSPS) is 27.2. The fourth-order valence-corrected chi connectivity index (χ4v) is 6.30. The van der Waals surface area contributed by atoms with E-state index in [0.29, 0.717) is 11.3 Å². The third-order valence-electron chi connectivity index (χ3n) is 8.20. The Kier molecular flexibility index (Phi) is 7.75. The van der Waals surface area contributed by atoms with E-state index < -0.39 is 10.4 Å². The van der Waals surface area contributed by atoms with E-state index in [1.54, 1.807) is 23.7 Å². The number of hydrogen-bond acceptors (Lipinski definition) is 4. The maximum atomic E-state index is 11.2. The molecule has 2 aliphatic rings. The van der Waals surface area contributed by atoms with Gasteiger partial charge in [0.25, 0.3) is 0 Å². The molecule has 0 saturated carbocycles. The van der Waals surface area contributed by atoms with Gasteiger partial charge < -0.3 is 4.42 Å². The molecule has 2 unspecified atom stereocenters. The summed E-state index contributed by atoms with van der Waals surface area (Å²) >= 11 is 0. The Morgan fingerprint density at radius 3 is 2.68 bits per heavy atom. The second-order valence-corrected chi connectivity index (χ2v) is 11.8. The fourth-order valence-electron chi connectivity index (χ4n) is 5.94. The Hall–Kier alpha value is -1.11. The standard InChI is InChI=1S/C25H40O5S/c1-19-10-11-22-23(9-6-14-24(22,2)3)25(19,4)15-12-20(18-30-31(26,27)28)7-5-8-21-13-16-29-17-21/h13,16-17,19-20H,5-12,14-15,18H2,1-4H3,(H,26,27,28)/t19?,20-,25?/m0/s1. The van der Waals surface area contributed by atoms with Gasteiger partial charge in [-0.1, -0.05) is 38.8 Å². The molecular formula is C25H40O5S. The summed E-state index contributed by atoms with van der Waals surface area (Å²) in [5.41, 5.74) is 4.97. The Morgan fingerprint density at radius 1 is 1.23 bits per heavy atom. The number of hydrogen-bond donors (Lipinski definition) is 1. The molecule has 0 amide bonds. The lowest BCUT2D eigenvalue weighted by Crippen LogP contribution is -2.38. The highest BCUT2D eigenvalue weighted by molar-refractivity contribution is 7.80. The van der Waals surface area contributed by atoms with Gasteiger partial charge in [0.1, 0.15) is 0 Å². The SMILES string of the molecule is CC1CCC2=C(CCCC2(C)C)C1(C)CC[C@H](CCCc1ccoc1)COS(=O)(=O)O. The third-order valence-corrected chi connectivity index (χ3v) is 8.63. The third kappa shape index (κ3) is 6.23. The van der Waals surface area contributed by atoms with E-state index in [4.69, 9.17) is 13.2 Å². The highest BCUT2D eigenvalue weighted by Gasteiger charge is 2.44. The number of rotatable bonds is 10. The van der Waals surface area contributed by atoms with Crippen LogP contribution in [0.1, 0.15) is 91.0 Å². The second-order valence-electron chi connectivity index (χ2n) is 10.7. The minimum atomic E-state index is -4.42. The zero-order chi connectivity index (χ0) is 22.7. The van der Waals surface area contributed by atoms with E-state index in [1.165, 1.54) is 32.1 Å². The van der Waals surface area contributed by atoms with Gasteiger partial charge in [0.15, 0.2) is 0 Å². The van der Waals surface area contributed by atoms with Crippen LogP contribution in [0.3, 0.4) is 0 Å². The summed E-state index contributed by atoms with van der Waals surface area (Å²) in [5, 5.41) is 0. The van der Waals surface area contributed by atoms with Crippen molar-refractivity contribution >= 4 is 10.4 Å². The van der Waals surface area contributed by atoms with Crippen molar-refractivity contribution in [1.82, 2.24) is 0 Å². The predicted molar refractivity (Wildman–Crippen MR) is 123 cm³/mol. The summed E-state index contributed by atoms with van der Waals surface area (Å²) in [6, 6.07) is 1.97. The van der Waals surface area contributed by atoms with Crippen LogP contribution < -0.4 is 0 Å². The van der Waals surface area contributed by atoms with Gasteiger partial charge in [-0.3, -0.25) is 4.55 Å². The molecule has 0 bridgehead atoms. The molecule has 0 spiro atoms. The molecule has 6 heteroatoms. The topological polar surface area (TPSA) is 76.7 Å². The highest BCUT2D eigenvalue weighted by atomic mass is 32.3. The monoisotopic (exact) mass is 452 g/mol. The van der Waals surface area contributed by atoms with Crippen molar-refractivity contribution in [1.29, 1.82) is 0 Å². The van der Waals surface area contributed by atoms with Gasteiger partial charge in [-0.15, -0.1) is 0 Å². The number of aryl methyl sites for hydroxylation is 1. The molecule has 3 atom stereocenters. The summed E-state index contributed by atoms with van der Waals surface area (Å²) in [4.78, 5) is 0. The van der Waals surface area contributed by atoms with Crippen LogP contribution in [0.15, 0.2) is 34.2 Å². The molecule has 5 nitrogen and oxygen atoms in total. The van der Waals surface area contributed by atoms with Crippen LogP contribution in [0.5, 0.6) is 0 Å². The predicted octanol–water partition coefficient (Wildman–Crippen LogP) is 6.76. The minimum absolute atomic E-state index is 0.0477. The van der Waals surface area contributed by atoms with E-state index in [-0.39, 0.29) is 17.9 Å². The zero-order valence-electron chi connectivity index (χ0n) is 19.7. The Balaban J connectivity index is 1.70. The molecule has 0 radical (unpaired) electrons. The fraction of sp³-hybridized carbons (Fsp3) is 0.760. The van der Waals surface area contributed by atoms with Crippen LogP contribution in [0, 0.1) is 22.7 Å². The van der Waals surface area contributed by atoms with E-state index in [9.17, 15) is 8.42 Å². The smallest absolute Gasteiger partial charge is 0.397 e. The van der Waals surface area contributed by atoms with Gasteiger partial charge in [0, 0.05) is 0 Å². The molecule has 3 rings (SSSR count). The second kappa shape index (κ2) is 9.80. The average Bonchev–Trinajstić information content (AvgIpc) is 3.19. The minimum Gasteiger partial charge on any atom is -0.472 e. The first-order chi connectivity index (χ1) is 14.5. The van der Waals surface area contributed by atoms with Crippen LogP contribution in [0.25, 0.3) is 0 Å². The molecule has 1 aromatic rings. The van der Waals surface area contributed by atoms with Gasteiger partial charge in [0.2, 0.25) is 0 Å². The summed E-state index contributed by atoms with van der Waals surface area (Å²) in [7, 11) is -4.42. The van der Waals surface area contributed by atoms with Crippen molar-refractivity contribution in [3.05, 3.63) is 35.3 Å². The lowest BCUT2D eigenvalue weighted by molar-refractivity contribution is 0.141. The van der Waals surface area contributed by atoms with Gasteiger partial charge in [-0.05, 0) is 98.5 Å². The molecule has 176 valence electrons. The summed E-state index contributed by atoms with van der Waals surface area (Å²) in [6.45, 7) is 9.66. The van der Waals surface area contributed by atoms with E-state index in [0.717, 1.165) is 37.7 Å². The zero-order valence-corrected chi connectivity index (χ0v) is 20.5. The van der Waals surface area contributed by atoms with E-state index in [2.05, 4.69) is 27.7 Å². The Bertz CT molecular complexity index is 852. The van der Waals surface area contributed by atoms with Crippen molar-refractivity contribution in [3.8, 4) is 0 Å². The Morgan fingerprint density at radius 2 is 2.00 bits per heavy atom. The van der Waals surface area contributed by atoms with Crippen molar-refractivity contribution < 1.29 is 21.6 Å². The quantitative estimate of drug-likeness (QED) is 0.313. The van der Waals surface area contributed by atoms with Crippen molar-refractivity contribution in [2.45, 2.75) is 91.9 Å². The summed E-state index contributed by atoms with van der Waals surface area (Å²) in [5.74, 6) is 0.717. The average molecular weight is 453 g/mol. The van der Waals surface area contributed by atoms with Gasteiger partial charge in [-0.2, -0.15) is 8.42 Å². The van der Waals surface area contributed by atoms with Gasteiger partial charge in [-0.25, -0.2) is 4.18 Å². The van der Waals surface area contributed by atoms with Crippen LogP contribution in [-0.2, 0) is 21.0 Å². The van der Waals surface area contributed by atoms with E-state index >= 15 is 0 Å². The molecule has 1 heterocycles. The van der Waals surface area contributed by atoms with Crippen molar-refractivity contribution in [2.24, 2.45) is 22.7 Å². The van der Waals surface area contributed by atoms with Crippen molar-refractivity contribution in [2.75, 3.05) is 6.61 Å². The first-order valence-electron chi connectivity index (χ1n) is 11.9. The molecule has 0 saturated heterocycles. The summed E-state index contributed by atoms with van der Waals surface area (Å²) in [6.07, 6.45) is 14.3. The molecule has 31 heavy (non-hydrogen) atoms. The van der Waals surface area contributed by atoms with Crippen molar-refractivity contribution in [3.63, 3.8) is 0 Å². The van der Waals surface area contributed by atoms with Gasteiger partial charge in [0.05, 0.1) is 19.1 Å². The van der Waals surface area contributed by atoms with Crippen LogP contribution in [0.2, 0.25) is 0 Å². The lowest BCUT2D eigenvalue weighted by Gasteiger charge is -2.50. The molecule has 0 aliphatic heterocycles. The van der Waals surface area contributed by atoms with Crippen LogP contribution >= 0.6 is 0 Å². The molecule has 1 N–H and O–H groups in total. The molecule has 2 aliphatic carbocycles. The largest absolute Gasteiger partial charge is 0.472 e. The van der Waals surface area contributed by atoms with Gasteiger partial charge >= 0.3 is 10.4 Å². The molecule has 0 aromatic carbocycles.